The van der Waals surface area contributed by atoms with Crippen molar-refractivity contribution in [3.05, 3.63) is 46.8 Å². The van der Waals surface area contributed by atoms with Gasteiger partial charge < -0.3 is 11.1 Å². The number of nitrogens with two attached hydrogens (primary N) is 1. The van der Waals surface area contributed by atoms with E-state index in [4.69, 9.17) is 5.73 Å². The Morgan fingerprint density at radius 3 is 2.39 bits per heavy atom. The molecular formula is C23H30N2O3. The molecule has 3 rings (SSSR count). The van der Waals surface area contributed by atoms with Crippen LogP contribution in [0.1, 0.15) is 57.1 Å². The highest BCUT2D eigenvalue weighted by Crippen LogP contribution is 2.32. The van der Waals surface area contributed by atoms with Crippen molar-refractivity contribution in [1.29, 1.82) is 0 Å². The Morgan fingerprint density at radius 2 is 1.71 bits per heavy atom. The van der Waals surface area contributed by atoms with Gasteiger partial charge in [-0.15, -0.1) is 0 Å². The number of ketones is 2. The summed E-state index contributed by atoms with van der Waals surface area (Å²) in [6, 6.07) is 8.16. The van der Waals surface area contributed by atoms with Crippen LogP contribution in [-0.4, -0.2) is 17.5 Å². The summed E-state index contributed by atoms with van der Waals surface area (Å²) in [5, 5.41) is 2.83. The average Bonchev–Trinajstić information content (AvgIpc) is 2.71. The molecule has 150 valence electrons. The maximum Gasteiger partial charge on any atom is 0.227 e. The number of aryl methyl sites for hydroxylation is 1. The van der Waals surface area contributed by atoms with Crippen molar-refractivity contribution < 1.29 is 14.4 Å². The zero-order valence-electron chi connectivity index (χ0n) is 16.8. The van der Waals surface area contributed by atoms with Gasteiger partial charge in [-0.2, -0.15) is 0 Å². The minimum absolute atomic E-state index is 0.0872. The molecule has 3 N–H and O–H groups in total. The number of fused-ring (bicyclic) bond motifs is 1. The van der Waals surface area contributed by atoms with E-state index in [1.165, 1.54) is 11.1 Å². The van der Waals surface area contributed by atoms with Gasteiger partial charge in [-0.05, 0) is 43.2 Å². The minimum atomic E-state index is -0.684. The molecular weight excluding hydrogens is 352 g/mol. The van der Waals surface area contributed by atoms with Crippen molar-refractivity contribution in [3.8, 4) is 0 Å². The smallest absolute Gasteiger partial charge is 0.227 e. The van der Waals surface area contributed by atoms with Gasteiger partial charge in [-0.1, -0.05) is 51.0 Å². The van der Waals surface area contributed by atoms with Crippen LogP contribution in [0.4, 0.5) is 0 Å². The first-order chi connectivity index (χ1) is 13.5. The summed E-state index contributed by atoms with van der Waals surface area (Å²) in [7, 11) is 0. The fourth-order valence-electron chi connectivity index (χ4n) is 4.45. The predicted molar refractivity (Wildman–Crippen MR) is 108 cm³/mol. The fraction of sp³-hybridized carbons (Fsp3) is 0.522. The number of hydrogen-bond acceptors (Lipinski definition) is 4. The topological polar surface area (TPSA) is 89.3 Å². The Labute approximate surface area is 166 Å². The van der Waals surface area contributed by atoms with Crippen LogP contribution in [0, 0.1) is 17.8 Å². The van der Waals surface area contributed by atoms with E-state index in [9.17, 15) is 14.4 Å². The number of benzene rings is 1. The maximum atomic E-state index is 12.9. The lowest BCUT2D eigenvalue weighted by atomic mass is 9.76. The molecule has 0 heterocycles. The first-order valence-corrected chi connectivity index (χ1v) is 10.4. The zero-order chi connectivity index (χ0) is 20.3. The van der Waals surface area contributed by atoms with Crippen LogP contribution in [0.2, 0.25) is 0 Å². The lowest BCUT2D eigenvalue weighted by Crippen LogP contribution is -2.46. The second kappa shape index (κ2) is 8.72. The zero-order valence-corrected chi connectivity index (χ0v) is 16.8. The van der Waals surface area contributed by atoms with Crippen molar-refractivity contribution in [2.45, 2.75) is 58.8 Å². The Balaban J connectivity index is 1.81. The van der Waals surface area contributed by atoms with Crippen LogP contribution >= 0.6 is 0 Å². The monoisotopic (exact) mass is 382 g/mol. The van der Waals surface area contributed by atoms with Gasteiger partial charge >= 0.3 is 0 Å². The Morgan fingerprint density at radius 1 is 1.07 bits per heavy atom. The normalized spacial score (nSPS) is 24.9. The van der Waals surface area contributed by atoms with Crippen molar-refractivity contribution >= 4 is 17.5 Å². The lowest BCUT2D eigenvalue weighted by molar-refractivity contribution is -0.136. The van der Waals surface area contributed by atoms with E-state index in [2.05, 4.69) is 17.4 Å². The van der Waals surface area contributed by atoms with Gasteiger partial charge in [0.05, 0.1) is 11.8 Å². The van der Waals surface area contributed by atoms with Gasteiger partial charge in [0.15, 0.2) is 11.6 Å². The number of carbonyl (C=O) groups is 3. The third-order valence-electron chi connectivity index (χ3n) is 6.03. The summed E-state index contributed by atoms with van der Waals surface area (Å²) < 4.78 is 0. The molecule has 0 saturated carbocycles. The van der Waals surface area contributed by atoms with Crippen LogP contribution < -0.4 is 11.1 Å². The Hall–Kier alpha value is -2.43. The molecule has 1 amide bonds. The largest absolute Gasteiger partial charge is 0.400 e. The molecule has 0 spiro atoms. The quantitative estimate of drug-likeness (QED) is 0.740. The number of rotatable bonds is 6. The molecule has 0 aromatic heterocycles. The van der Waals surface area contributed by atoms with E-state index < -0.39 is 11.8 Å². The van der Waals surface area contributed by atoms with Crippen molar-refractivity contribution in [2.75, 3.05) is 0 Å². The number of amides is 1. The van der Waals surface area contributed by atoms with E-state index in [-0.39, 0.29) is 34.8 Å². The van der Waals surface area contributed by atoms with Crippen LogP contribution in [0.15, 0.2) is 35.7 Å². The van der Waals surface area contributed by atoms with Gasteiger partial charge in [0.1, 0.15) is 5.70 Å². The van der Waals surface area contributed by atoms with E-state index in [1.807, 2.05) is 26.0 Å². The van der Waals surface area contributed by atoms with Crippen molar-refractivity contribution in [3.63, 3.8) is 0 Å². The van der Waals surface area contributed by atoms with E-state index in [1.54, 1.807) is 0 Å². The van der Waals surface area contributed by atoms with Crippen LogP contribution in [0.5, 0.6) is 0 Å². The fourth-order valence-corrected chi connectivity index (χ4v) is 4.45. The lowest BCUT2D eigenvalue weighted by Gasteiger charge is -2.31. The highest BCUT2D eigenvalue weighted by molar-refractivity contribution is 6.16. The number of Topliss-reactive ketones (excluding diaryl/α,β-unsaturated/α-hetero) is 2. The first-order valence-electron chi connectivity index (χ1n) is 10.4. The molecule has 2 aliphatic carbocycles. The van der Waals surface area contributed by atoms with Crippen molar-refractivity contribution in [1.82, 2.24) is 5.32 Å². The van der Waals surface area contributed by atoms with Crippen LogP contribution in [0.3, 0.4) is 0 Å². The molecule has 0 aliphatic heterocycles. The SMILES string of the molecule is CCCC1C(=O)C(NC(=O)C2CCc3ccccc3C2)=C(N)C(CCC)C1=O. The first kappa shape index (κ1) is 20.3. The van der Waals surface area contributed by atoms with Gasteiger partial charge in [0.25, 0.3) is 0 Å². The summed E-state index contributed by atoms with van der Waals surface area (Å²) in [6.07, 6.45) is 4.91. The van der Waals surface area contributed by atoms with Crippen molar-refractivity contribution in [2.24, 2.45) is 23.5 Å². The van der Waals surface area contributed by atoms with Crippen LogP contribution in [0.25, 0.3) is 0 Å². The molecule has 0 saturated heterocycles. The summed E-state index contributed by atoms with van der Waals surface area (Å²) in [6.45, 7) is 3.94. The van der Waals surface area contributed by atoms with Gasteiger partial charge in [0.2, 0.25) is 5.91 Å². The predicted octanol–water partition coefficient (Wildman–Crippen LogP) is 3.06. The molecule has 3 atom stereocenters. The van der Waals surface area contributed by atoms with E-state index in [0.717, 1.165) is 25.7 Å². The number of carbonyl (C=O) groups excluding carboxylic acids is 3. The van der Waals surface area contributed by atoms with Gasteiger partial charge in [-0.3, -0.25) is 14.4 Å². The molecule has 0 radical (unpaired) electrons. The van der Waals surface area contributed by atoms with Crippen LogP contribution in [-0.2, 0) is 27.2 Å². The number of allylic oxidation sites excluding steroid dienone is 2. The maximum absolute atomic E-state index is 12.9. The van der Waals surface area contributed by atoms with E-state index >= 15 is 0 Å². The molecule has 0 bridgehead atoms. The minimum Gasteiger partial charge on any atom is -0.400 e. The molecule has 1 aromatic rings. The summed E-state index contributed by atoms with van der Waals surface area (Å²) in [5.74, 6) is -1.91. The Bertz CT molecular complexity index is 812. The third kappa shape index (κ3) is 3.89. The third-order valence-corrected chi connectivity index (χ3v) is 6.03. The molecule has 5 nitrogen and oxygen atoms in total. The van der Waals surface area contributed by atoms with Gasteiger partial charge in [-0.25, -0.2) is 0 Å². The molecule has 1 aromatic carbocycles. The molecule has 3 unspecified atom stereocenters. The second-order valence-corrected chi connectivity index (χ2v) is 7.98. The highest BCUT2D eigenvalue weighted by atomic mass is 16.2. The highest BCUT2D eigenvalue weighted by Gasteiger charge is 2.42. The molecule has 5 heteroatoms. The summed E-state index contributed by atoms with van der Waals surface area (Å²) in [4.78, 5) is 38.6. The molecule has 2 aliphatic rings. The second-order valence-electron chi connectivity index (χ2n) is 7.98. The summed E-state index contributed by atoms with van der Waals surface area (Å²) >= 11 is 0. The number of hydrogen-bond donors (Lipinski definition) is 2. The molecule has 28 heavy (non-hydrogen) atoms. The van der Waals surface area contributed by atoms with Gasteiger partial charge in [0, 0.05) is 11.6 Å². The molecule has 0 fully saturated rings. The van der Waals surface area contributed by atoms with E-state index in [0.29, 0.717) is 19.3 Å². The standard InChI is InChI=1S/C23H30N2O3/c1-3-7-17-19(24)20(22(27)18(8-4-2)21(17)26)25-23(28)16-12-11-14-9-5-6-10-15(14)13-16/h5-6,9-10,16-18H,3-4,7-8,11-13,24H2,1-2H3,(H,25,28). The number of nitrogens with one attached hydrogen (secondary N) is 1. The Kier molecular flexibility index (Phi) is 6.32. The summed E-state index contributed by atoms with van der Waals surface area (Å²) in [5.41, 5.74) is 9.11. The average molecular weight is 383 g/mol.